The van der Waals surface area contributed by atoms with Crippen molar-refractivity contribution in [2.45, 2.75) is 39.5 Å². The van der Waals surface area contributed by atoms with Crippen LogP contribution < -0.4 is 5.32 Å². The predicted octanol–water partition coefficient (Wildman–Crippen LogP) is 1.64. The number of fused-ring (bicyclic) bond motifs is 1. The predicted molar refractivity (Wildman–Crippen MR) is 59.9 cm³/mol. The van der Waals surface area contributed by atoms with E-state index in [0.29, 0.717) is 5.69 Å². The average molecular weight is 220 g/mol. The Morgan fingerprint density at radius 3 is 2.75 bits per heavy atom. The number of ether oxygens (including phenoxy) is 1. The first kappa shape index (κ1) is 11.1. The molecule has 0 spiro atoms. The second-order valence-electron chi connectivity index (χ2n) is 4.94. The highest BCUT2D eigenvalue weighted by atomic mass is 16.6. The Bertz CT molecular complexity index is 422. The second kappa shape index (κ2) is 3.87. The fraction of sp³-hybridized carbons (Fsp3) is 0.500. The number of rotatable bonds is 1. The van der Waals surface area contributed by atoms with E-state index in [1.807, 2.05) is 26.8 Å². The van der Waals surface area contributed by atoms with Crippen LogP contribution in [-0.2, 0) is 17.8 Å². The van der Waals surface area contributed by atoms with Gasteiger partial charge in [0.25, 0.3) is 0 Å². The van der Waals surface area contributed by atoms with Crippen LogP contribution in [0.15, 0.2) is 12.3 Å². The Hall–Kier alpha value is -1.42. The lowest BCUT2D eigenvalue weighted by atomic mass is 10.1. The molecule has 2 rings (SSSR count). The van der Waals surface area contributed by atoms with Crippen LogP contribution in [0.5, 0.6) is 0 Å². The lowest BCUT2D eigenvalue weighted by Crippen LogP contribution is -2.24. The van der Waals surface area contributed by atoms with Gasteiger partial charge in [0, 0.05) is 19.3 Å². The van der Waals surface area contributed by atoms with Crippen LogP contribution in [0.2, 0.25) is 0 Å². The highest BCUT2D eigenvalue weighted by molar-refractivity contribution is 5.87. The smallest absolute Gasteiger partial charge is 0.357 e. The first-order valence-electron chi connectivity index (χ1n) is 5.37. The normalized spacial score (nSPS) is 14.7. The summed E-state index contributed by atoms with van der Waals surface area (Å²) in [5, 5.41) is 3.21. The minimum absolute atomic E-state index is 0.359. The summed E-state index contributed by atoms with van der Waals surface area (Å²) < 4.78 is 5.26. The van der Waals surface area contributed by atoms with Crippen LogP contribution in [0.25, 0.3) is 0 Å². The first-order chi connectivity index (χ1) is 7.46. The van der Waals surface area contributed by atoms with Crippen molar-refractivity contribution >= 4 is 5.97 Å². The third-order valence-corrected chi connectivity index (χ3v) is 2.32. The van der Waals surface area contributed by atoms with Gasteiger partial charge in [0.15, 0.2) is 0 Å². The van der Waals surface area contributed by atoms with Crippen molar-refractivity contribution in [2.24, 2.45) is 0 Å². The highest BCUT2D eigenvalue weighted by Crippen LogP contribution is 2.17. The van der Waals surface area contributed by atoms with Crippen molar-refractivity contribution in [1.29, 1.82) is 0 Å². The number of hydrogen-bond donors (Lipinski definition) is 1. The van der Waals surface area contributed by atoms with Crippen LogP contribution in [0.1, 0.15) is 42.4 Å². The minimum atomic E-state index is -0.476. The SMILES string of the molecule is CC(C)(C)OC(=O)c1cc2c(cn1)CNC2. The molecular weight excluding hydrogens is 204 g/mol. The summed E-state index contributed by atoms with van der Waals surface area (Å²) in [6.07, 6.45) is 1.74. The fourth-order valence-electron chi connectivity index (χ4n) is 1.62. The van der Waals surface area contributed by atoms with Crippen molar-refractivity contribution in [3.63, 3.8) is 0 Å². The van der Waals surface area contributed by atoms with Gasteiger partial charge in [-0.05, 0) is 38.0 Å². The van der Waals surface area contributed by atoms with E-state index in [9.17, 15) is 4.79 Å². The van der Waals surface area contributed by atoms with E-state index >= 15 is 0 Å². The van der Waals surface area contributed by atoms with Gasteiger partial charge >= 0.3 is 5.97 Å². The maximum atomic E-state index is 11.8. The number of esters is 1. The summed E-state index contributed by atoms with van der Waals surface area (Å²) >= 11 is 0. The average Bonchev–Trinajstić information content (AvgIpc) is 2.61. The van der Waals surface area contributed by atoms with Crippen molar-refractivity contribution in [3.05, 3.63) is 29.1 Å². The van der Waals surface area contributed by atoms with E-state index in [-0.39, 0.29) is 5.97 Å². The molecule has 0 aliphatic carbocycles. The Kier molecular flexibility index (Phi) is 2.68. The van der Waals surface area contributed by atoms with Crippen LogP contribution >= 0.6 is 0 Å². The van der Waals surface area contributed by atoms with Gasteiger partial charge in [0.05, 0.1) is 0 Å². The maximum absolute atomic E-state index is 11.8. The van der Waals surface area contributed by atoms with Gasteiger partial charge in [0.2, 0.25) is 0 Å². The topological polar surface area (TPSA) is 51.2 Å². The van der Waals surface area contributed by atoms with Gasteiger partial charge in [-0.25, -0.2) is 9.78 Å². The van der Waals surface area contributed by atoms with Crippen LogP contribution in [0.3, 0.4) is 0 Å². The van der Waals surface area contributed by atoms with E-state index in [2.05, 4.69) is 10.3 Å². The molecule has 16 heavy (non-hydrogen) atoms. The second-order valence-corrected chi connectivity index (χ2v) is 4.94. The van der Waals surface area contributed by atoms with Gasteiger partial charge < -0.3 is 10.1 Å². The highest BCUT2D eigenvalue weighted by Gasteiger charge is 2.20. The molecule has 1 aliphatic heterocycles. The van der Waals surface area contributed by atoms with Crippen LogP contribution in [0.4, 0.5) is 0 Å². The molecule has 1 aromatic rings. The molecule has 0 radical (unpaired) electrons. The molecule has 4 heteroatoms. The van der Waals surface area contributed by atoms with Gasteiger partial charge in [0.1, 0.15) is 11.3 Å². The Labute approximate surface area is 95.0 Å². The standard InChI is InChI=1S/C12H16N2O2/c1-12(2,3)16-11(15)10-4-8-5-13-6-9(8)7-14-10/h4,7,13H,5-6H2,1-3H3. The third kappa shape index (κ3) is 2.39. The number of carbonyl (C=O) groups excluding carboxylic acids is 1. The summed E-state index contributed by atoms with van der Waals surface area (Å²) in [6, 6.07) is 1.81. The molecule has 0 saturated carbocycles. The van der Waals surface area contributed by atoms with Crippen molar-refractivity contribution in [1.82, 2.24) is 10.3 Å². The molecule has 0 unspecified atom stereocenters. The molecule has 0 atom stereocenters. The molecule has 86 valence electrons. The van der Waals surface area contributed by atoms with E-state index in [1.54, 1.807) is 6.20 Å². The van der Waals surface area contributed by atoms with E-state index < -0.39 is 5.60 Å². The van der Waals surface area contributed by atoms with Crippen molar-refractivity contribution in [3.8, 4) is 0 Å². The zero-order valence-corrected chi connectivity index (χ0v) is 9.83. The molecule has 1 aromatic heterocycles. The number of pyridine rings is 1. The van der Waals surface area contributed by atoms with Crippen LogP contribution in [0, 0.1) is 0 Å². The molecule has 0 amide bonds. The largest absolute Gasteiger partial charge is 0.455 e. The van der Waals surface area contributed by atoms with E-state index in [0.717, 1.165) is 24.2 Å². The molecule has 0 fully saturated rings. The molecule has 2 heterocycles. The van der Waals surface area contributed by atoms with Crippen LogP contribution in [-0.4, -0.2) is 16.6 Å². The molecule has 1 aliphatic rings. The minimum Gasteiger partial charge on any atom is -0.455 e. The number of aromatic nitrogens is 1. The van der Waals surface area contributed by atoms with Gasteiger partial charge in [-0.1, -0.05) is 0 Å². The molecule has 0 saturated heterocycles. The van der Waals surface area contributed by atoms with E-state index in [4.69, 9.17) is 4.74 Å². The molecular formula is C12H16N2O2. The quantitative estimate of drug-likeness (QED) is 0.731. The molecule has 0 aromatic carbocycles. The lowest BCUT2D eigenvalue weighted by Gasteiger charge is -2.19. The Balaban J connectivity index is 2.19. The number of hydrogen-bond acceptors (Lipinski definition) is 4. The Morgan fingerprint density at radius 1 is 1.38 bits per heavy atom. The zero-order valence-electron chi connectivity index (χ0n) is 9.83. The molecule has 1 N–H and O–H groups in total. The van der Waals surface area contributed by atoms with E-state index in [1.165, 1.54) is 0 Å². The summed E-state index contributed by atoms with van der Waals surface area (Å²) in [7, 11) is 0. The lowest BCUT2D eigenvalue weighted by molar-refractivity contribution is 0.00627. The first-order valence-corrected chi connectivity index (χ1v) is 5.37. The monoisotopic (exact) mass is 220 g/mol. The number of nitrogens with zero attached hydrogens (tertiary/aromatic N) is 1. The third-order valence-electron chi connectivity index (χ3n) is 2.32. The fourth-order valence-corrected chi connectivity index (χ4v) is 1.62. The van der Waals surface area contributed by atoms with Gasteiger partial charge in [-0.2, -0.15) is 0 Å². The molecule has 4 nitrogen and oxygen atoms in total. The number of nitrogens with one attached hydrogen (secondary N) is 1. The summed E-state index contributed by atoms with van der Waals surface area (Å²) in [5.74, 6) is -0.359. The van der Waals surface area contributed by atoms with Gasteiger partial charge in [-0.3, -0.25) is 0 Å². The Morgan fingerprint density at radius 2 is 2.06 bits per heavy atom. The van der Waals surface area contributed by atoms with Crippen molar-refractivity contribution < 1.29 is 9.53 Å². The van der Waals surface area contributed by atoms with Crippen molar-refractivity contribution in [2.75, 3.05) is 0 Å². The summed E-state index contributed by atoms with van der Waals surface area (Å²) in [5.41, 5.74) is 2.20. The molecule has 0 bridgehead atoms. The summed E-state index contributed by atoms with van der Waals surface area (Å²) in [6.45, 7) is 7.17. The maximum Gasteiger partial charge on any atom is 0.357 e. The van der Waals surface area contributed by atoms with Gasteiger partial charge in [-0.15, -0.1) is 0 Å². The summed E-state index contributed by atoms with van der Waals surface area (Å²) in [4.78, 5) is 15.9. The zero-order chi connectivity index (χ0) is 11.8. The number of carbonyl (C=O) groups is 1.